The van der Waals surface area contributed by atoms with Crippen LogP contribution in [0.4, 0.5) is 33.3 Å². The molecular weight excluding hydrogens is 463 g/mol. The number of nitrogens with one attached hydrogen (secondary N) is 1. The van der Waals surface area contributed by atoms with Gasteiger partial charge in [-0.2, -0.15) is 17.6 Å². The van der Waals surface area contributed by atoms with Gasteiger partial charge < -0.3 is 15.0 Å². The Bertz CT molecular complexity index is 1140. The Morgan fingerprint density at radius 2 is 1.97 bits per heavy atom. The number of rotatable bonds is 5. The van der Waals surface area contributed by atoms with Gasteiger partial charge >= 0.3 is 6.18 Å². The summed E-state index contributed by atoms with van der Waals surface area (Å²) >= 11 is 0. The van der Waals surface area contributed by atoms with Crippen LogP contribution >= 0.6 is 0 Å². The number of alkyl halides is 3. The molecule has 0 bridgehead atoms. The molecule has 2 atom stereocenters. The highest BCUT2D eigenvalue weighted by atomic mass is 32.2. The number of carbonyl (C=O) groups excluding carboxylic acids is 1. The average Bonchev–Trinajstić information content (AvgIpc) is 3.15. The molecule has 8 nitrogen and oxygen atoms in total. The fourth-order valence-electron chi connectivity index (χ4n) is 3.40. The van der Waals surface area contributed by atoms with Crippen molar-refractivity contribution in [2.45, 2.75) is 23.7 Å². The molecule has 0 radical (unpaired) electrons. The summed E-state index contributed by atoms with van der Waals surface area (Å²) in [5, 5.41) is 6.74. The predicted molar refractivity (Wildman–Crippen MR) is 102 cm³/mol. The van der Waals surface area contributed by atoms with E-state index in [0.29, 0.717) is 6.07 Å². The van der Waals surface area contributed by atoms with Gasteiger partial charge in [0.05, 0.1) is 18.7 Å². The third kappa shape index (κ3) is 4.75. The minimum Gasteiger partial charge on any atom is -0.491 e. The van der Waals surface area contributed by atoms with E-state index >= 15 is 0 Å². The van der Waals surface area contributed by atoms with Crippen LogP contribution in [0, 0.1) is 17.6 Å². The van der Waals surface area contributed by atoms with Gasteiger partial charge in [-0.25, -0.2) is 22.9 Å². The van der Waals surface area contributed by atoms with E-state index in [1.165, 1.54) is 6.07 Å². The summed E-state index contributed by atoms with van der Waals surface area (Å²) in [6.07, 6.45) is -4.29. The van der Waals surface area contributed by atoms with Crippen molar-refractivity contribution in [3.63, 3.8) is 0 Å². The lowest BCUT2D eigenvalue weighted by Gasteiger charge is -2.27. The average molecular weight is 480 g/mol. The number of nitrogens with two attached hydrogens (primary N) is 1. The number of halogens is 5. The van der Waals surface area contributed by atoms with Gasteiger partial charge in [0, 0.05) is 24.5 Å². The van der Waals surface area contributed by atoms with Crippen LogP contribution in [0.25, 0.3) is 0 Å². The van der Waals surface area contributed by atoms with Crippen LogP contribution in [0.1, 0.15) is 6.42 Å². The zero-order valence-electron chi connectivity index (χ0n) is 16.4. The van der Waals surface area contributed by atoms with E-state index in [9.17, 15) is 35.2 Å². The van der Waals surface area contributed by atoms with Crippen LogP contribution in [0.15, 0.2) is 35.5 Å². The SMILES string of the molecule is COc1c(N2C[C@H](C(F)(F)F)C[C@H]2C(=O)Nc2ccnc(S(N)(=O)=O)c2)ccc(F)c1F. The quantitative estimate of drug-likeness (QED) is 0.636. The number of primary sulfonamides is 1. The molecule has 2 heterocycles. The smallest absolute Gasteiger partial charge is 0.393 e. The van der Waals surface area contributed by atoms with E-state index in [-0.39, 0.29) is 11.4 Å². The molecule has 1 saturated heterocycles. The second-order valence-corrected chi connectivity index (χ2v) is 8.48. The topological polar surface area (TPSA) is 115 Å². The Morgan fingerprint density at radius 1 is 1.28 bits per heavy atom. The molecule has 0 spiro atoms. The van der Waals surface area contributed by atoms with Crippen LogP contribution in [-0.4, -0.2) is 45.2 Å². The Balaban J connectivity index is 1.97. The number of pyridine rings is 1. The van der Waals surface area contributed by atoms with Gasteiger partial charge in [-0.05, 0) is 24.6 Å². The number of hydrogen-bond acceptors (Lipinski definition) is 6. The predicted octanol–water partition coefficient (Wildman–Crippen LogP) is 2.41. The lowest BCUT2D eigenvalue weighted by molar-refractivity contribution is -0.168. The molecule has 1 amide bonds. The maximum Gasteiger partial charge on any atom is 0.393 e. The van der Waals surface area contributed by atoms with Crippen molar-refractivity contribution in [3.8, 4) is 5.75 Å². The molecule has 1 aliphatic heterocycles. The van der Waals surface area contributed by atoms with Crippen molar-refractivity contribution in [3.05, 3.63) is 42.1 Å². The largest absolute Gasteiger partial charge is 0.491 e. The molecule has 14 heteroatoms. The van der Waals surface area contributed by atoms with E-state index < -0.39 is 69.4 Å². The van der Waals surface area contributed by atoms with Crippen molar-refractivity contribution >= 4 is 27.3 Å². The Labute approximate surface area is 179 Å². The molecule has 32 heavy (non-hydrogen) atoms. The molecule has 1 fully saturated rings. The summed E-state index contributed by atoms with van der Waals surface area (Å²) in [7, 11) is -3.18. The van der Waals surface area contributed by atoms with E-state index in [2.05, 4.69) is 10.3 Å². The van der Waals surface area contributed by atoms with E-state index in [0.717, 1.165) is 30.3 Å². The van der Waals surface area contributed by atoms with E-state index in [1.54, 1.807) is 0 Å². The Kier molecular flexibility index (Phi) is 6.29. The molecular formula is C18H17F5N4O4S. The zero-order valence-corrected chi connectivity index (χ0v) is 17.2. The molecule has 2 aromatic rings. The summed E-state index contributed by atoms with van der Waals surface area (Å²) in [5.41, 5.74) is -0.320. The first-order valence-electron chi connectivity index (χ1n) is 8.98. The van der Waals surface area contributed by atoms with Gasteiger partial charge in [0.1, 0.15) is 6.04 Å². The number of aromatic nitrogens is 1. The molecule has 3 N–H and O–H groups in total. The Hall–Kier alpha value is -3.00. The molecule has 1 aromatic heterocycles. The lowest BCUT2D eigenvalue weighted by Crippen LogP contribution is -2.40. The highest BCUT2D eigenvalue weighted by molar-refractivity contribution is 7.89. The first kappa shape index (κ1) is 23.7. The minimum atomic E-state index is -4.66. The number of methoxy groups -OCH3 is 1. The summed E-state index contributed by atoms with van der Waals surface area (Å²) in [5.74, 6) is -6.20. The number of ether oxygens (including phenoxy) is 1. The van der Waals surface area contributed by atoms with Gasteiger partial charge in [0.15, 0.2) is 16.6 Å². The van der Waals surface area contributed by atoms with Crippen LogP contribution < -0.4 is 20.1 Å². The third-order valence-corrected chi connectivity index (χ3v) is 5.71. The first-order chi connectivity index (χ1) is 14.8. The van der Waals surface area contributed by atoms with Crippen molar-refractivity contribution in [1.29, 1.82) is 0 Å². The number of nitrogens with zero attached hydrogens (tertiary/aromatic N) is 2. The zero-order chi connectivity index (χ0) is 23.8. The minimum absolute atomic E-state index is 0.0818. The van der Waals surface area contributed by atoms with Gasteiger partial charge in [0.25, 0.3) is 10.0 Å². The fourth-order valence-corrected chi connectivity index (χ4v) is 3.90. The van der Waals surface area contributed by atoms with Crippen molar-refractivity contribution < 1.29 is 39.9 Å². The molecule has 174 valence electrons. The van der Waals surface area contributed by atoms with Crippen LogP contribution in [0.2, 0.25) is 0 Å². The van der Waals surface area contributed by atoms with Gasteiger partial charge in [-0.3, -0.25) is 4.79 Å². The number of amides is 1. The summed E-state index contributed by atoms with van der Waals surface area (Å²) in [6.45, 7) is -0.707. The number of anilines is 2. The second-order valence-electron chi connectivity index (χ2n) is 6.97. The standard InChI is InChI=1S/C18H17F5N4O4S/c1-31-16-12(3-2-11(19)15(16)20)27-8-9(18(21,22)23)6-13(27)17(28)26-10-4-5-25-14(7-10)32(24,29)30/h2-5,7,9,13H,6,8H2,1H3,(H2,24,29,30)(H,25,26,28)/t9-,13+/m1/s1. The second kappa shape index (κ2) is 8.50. The van der Waals surface area contributed by atoms with Crippen LogP contribution in [0.5, 0.6) is 5.75 Å². The number of hydrogen-bond donors (Lipinski definition) is 2. The van der Waals surface area contributed by atoms with Crippen LogP contribution in [0.3, 0.4) is 0 Å². The van der Waals surface area contributed by atoms with E-state index in [4.69, 9.17) is 9.88 Å². The normalized spacial score (nSPS) is 19.2. The van der Waals surface area contributed by atoms with E-state index in [1.807, 2.05) is 0 Å². The van der Waals surface area contributed by atoms with Crippen molar-refractivity contribution in [2.24, 2.45) is 11.1 Å². The molecule has 0 saturated carbocycles. The summed E-state index contributed by atoms with van der Waals surface area (Å²) in [6, 6.07) is 2.43. The highest BCUT2D eigenvalue weighted by Crippen LogP contribution is 2.43. The first-order valence-corrected chi connectivity index (χ1v) is 10.5. The highest BCUT2D eigenvalue weighted by Gasteiger charge is 2.50. The monoisotopic (exact) mass is 480 g/mol. The van der Waals surface area contributed by atoms with Gasteiger partial charge in [0.2, 0.25) is 11.7 Å². The molecule has 0 aliphatic carbocycles. The van der Waals surface area contributed by atoms with Crippen molar-refractivity contribution in [1.82, 2.24) is 4.98 Å². The van der Waals surface area contributed by atoms with Gasteiger partial charge in [-0.15, -0.1) is 0 Å². The maximum atomic E-state index is 14.2. The summed E-state index contributed by atoms with van der Waals surface area (Å²) in [4.78, 5) is 17.4. The lowest BCUT2D eigenvalue weighted by atomic mass is 10.0. The molecule has 1 aliphatic rings. The number of benzene rings is 1. The molecule has 3 rings (SSSR count). The van der Waals surface area contributed by atoms with Gasteiger partial charge in [-0.1, -0.05) is 0 Å². The molecule has 1 aromatic carbocycles. The Morgan fingerprint density at radius 3 is 2.56 bits per heavy atom. The van der Waals surface area contributed by atoms with Crippen molar-refractivity contribution in [2.75, 3.05) is 23.9 Å². The molecule has 0 unspecified atom stereocenters. The third-order valence-electron chi connectivity index (χ3n) is 4.90. The number of sulfonamides is 1. The van der Waals surface area contributed by atoms with Crippen LogP contribution in [-0.2, 0) is 14.8 Å². The maximum absolute atomic E-state index is 14.2. The summed E-state index contributed by atoms with van der Waals surface area (Å²) < 4.78 is 95.7. The number of carbonyl (C=O) groups is 1. The fraction of sp³-hybridized carbons (Fsp3) is 0.333.